The molecular weight excluding hydrogens is 555 g/mol. The number of morpholine rings is 1. The van der Waals surface area contributed by atoms with Gasteiger partial charge in [0.2, 0.25) is 0 Å². The lowest BCUT2D eigenvalue weighted by molar-refractivity contribution is 0.0321. The van der Waals surface area contributed by atoms with Crippen LogP contribution in [-0.4, -0.2) is 61.4 Å². The summed E-state index contributed by atoms with van der Waals surface area (Å²) in [6.45, 7) is 4.91. The highest BCUT2D eigenvalue weighted by Crippen LogP contribution is 2.35. The van der Waals surface area contributed by atoms with Crippen LogP contribution in [0.3, 0.4) is 0 Å². The third-order valence-corrected chi connectivity index (χ3v) is 6.23. The largest absolute Gasteiger partial charge is 0.493 e. The van der Waals surface area contributed by atoms with Crippen LogP contribution in [0.15, 0.2) is 59.3 Å². The van der Waals surface area contributed by atoms with Crippen molar-refractivity contribution in [3.8, 4) is 11.5 Å². The fourth-order valence-electron chi connectivity index (χ4n) is 4.00. The van der Waals surface area contributed by atoms with Crippen LogP contribution in [0.5, 0.6) is 11.5 Å². The van der Waals surface area contributed by atoms with Crippen molar-refractivity contribution in [3.05, 3.63) is 59.3 Å². The minimum absolute atomic E-state index is 0. The van der Waals surface area contributed by atoms with E-state index in [0.717, 1.165) is 76.3 Å². The zero-order chi connectivity index (χ0) is 22.6. The molecule has 35 heavy (non-hydrogen) atoms. The third-order valence-electron chi connectivity index (χ3n) is 5.73. The van der Waals surface area contributed by atoms with Crippen LogP contribution in [0, 0.1) is 0 Å². The van der Waals surface area contributed by atoms with Gasteiger partial charge in [-0.1, -0.05) is 22.0 Å². The first-order valence-electron chi connectivity index (χ1n) is 10.9. The van der Waals surface area contributed by atoms with Crippen molar-refractivity contribution in [3.63, 3.8) is 0 Å². The molecule has 0 atom stereocenters. The van der Waals surface area contributed by atoms with Crippen molar-refractivity contribution < 1.29 is 14.2 Å². The lowest BCUT2D eigenvalue weighted by atomic mass is 10.1. The van der Waals surface area contributed by atoms with Crippen molar-refractivity contribution in [2.24, 2.45) is 0 Å². The molecule has 0 spiro atoms. The highest BCUT2D eigenvalue weighted by molar-refractivity contribution is 9.10. The first kappa shape index (κ1) is 27.2. The van der Waals surface area contributed by atoms with E-state index in [4.69, 9.17) is 14.2 Å². The number of nitrogens with one attached hydrogen (secondary N) is 1. The van der Waals surface area contributed by atoms with Gasteiger partial charge in [-0.15, -0.1) is 24.8 Å². The van der Waals surface area contributed by atoms with Gasteiger partial charge in [0.25, 0.3) is 0 Å². The summed E-state index contributed by atoms with van der Waals surface area (Å²) in [6, 6.07) is 16.2. The summed E-state index contributed by atoms with van der Waals surface area (Å²) < 4.78 is 18.2. The number of methoxy groups -OCH3 is 1. The van der Waals surface area contributed by atoms with Gasteiger partial charge in [-0.3, -0.25) is 4.90 Å². The van der Waals surface area contributed by atoms with Gasteiger partial charge in [0, 0.05) is 35.2 Å². The summed E-state index contributed by atoms with van der Waals surface area (Å²) in [7, 11) is 1.67. The monoisotopic (exact) mass is 580 g/mol. The molecular formula is C25H27BrCl2N4O3. The molecule has 0 aliphatic carbocycles. The molecule has 5 rings (SSSR count). The number of ether oxygens (including phenoxy) is 3. The summed E-state index contributed by atoms with van der Waals surface area (Å²) in [5.74, 6) is 2.20. The number of nitrogens with zero attached hydrogens (tertiary/aromatic N) is 3. The second-order valence-corrected chi connectivity index (χ2v) is 8.80. The predicted molar refractivity (Wildman–Crippen MR) is 148 cm³/mol. The number of benzene rings is 3. The van der Waals surface area contributed by atoms with E-state index in [2.05, 4.69) is 48.2 Å². The zero-order valence-corrected chi connectivity index (χ0v) is 22.4. The first-order valence-corrected chi connectivity index (χ1v) is 11.7. The Morgan fingerprint density at radius 2 is 1.77 bits per heavy atom. The lowest BCUT2D eigenvalue weighted by Crippen LogP contribution is -2.38. The Morgan fingerprint density at radius 1 is 1.00 bits per heavy atom. The topological polar surface area (TPSA) is 68.7 Å². The number of hydrogen-bond donors (Lipinski definition) is 1. The van der Waals surface area contributed by atoms with Crippen LogP contribution in [0.4, 0.5) is 11.5 Å². The van der Waals surface area contributed by atoms with E-state index in [1.54, 1.807) is 13.4 Å². The van der Waals surface area contributed by atoms with Crippen molar-refractivity contribution in [2.45, 2.75) is 0 Å². The average molecular weight is 582 g/mol. The average Bonchev–Trinajstić information content (AvgIpc) is 2.83. The number of anilines is 2. The molecule has 186 valence electrons. The lowest BCUT2D eigenvalue weighted by Gasteiger charge is -2.26. The number of fused-ring (bicyclic) bond motifs is 2. The van der Waals surface area contributed by atoms with Crippen molar-refractivity contribution >= 4 is 73.9 Å². The van der Waals surface area contributed by atoms with Gasteiger partial charge >= 0.3 is 0 Å². The summed E-state index contributed by atoms with van der Waals surface area (Å²) in [5.41, 5.74) is 1.81. The predicted octanol–water partition coefficient (Wildman–Crippen LogP) is 5.85. The van der Waals surface area contributed by atoms with Gasteiger partial charge in [-0.05, 0) is 53.2 Å². The highest BCUT2D eigenvalue weighted by atomic mass is 79.9. The van der Waals surface area contributed by atoms with Crippen LogP contribution in [-0.2, 0) is 4.74 Å². The molecule has 1 aliphatic heterocycles. The molecule has 10 heteroatoms. The Kier molecular flexibility index (Phi) is 9.77. The Morgan fingerprint density at radius 3 is 2.54 bits per heavy atom. The Balaban J connectivity index is 0.00000171. The summed E-state index contributed by atoms with van der Waals surface area (Å²) in [6.07, 6.45) is 1.58. The van der Waals surface area contributed by atoms with Crippen LogP contribution in [0.25, 0.3) is 21.7 Å². The second-order valence-electron chi connectivity index (χ2n) is 7.88. The van der Waals surface area contributed by atoms with Crippen LogP contribution in [0.1, 0.15) is 0 Å². The molecule has 4 aromatic rings. The molecule has 3 aromatic carbocycles. The van der Waals surface area contributed by atoms with Crippen molar-refractivity contribution in [1.82, 2.24) is 14.9 Å². The van der Waals surface area contributed by atoms with E-state index in [1.165, 1.54) is 0 Å². The molecule has 7 nitrogen and oxygen atoms in total. The number of halogens is 3. The molecule has 0 amide bonds. The molecule has 2 heterocycles. The van der Waals surface area contributed by atoms with Gasteiger partial charge in [0.1, 0.15) is 18.8 Å². The number of hydrogen-bond acceptors (Lipinski definition) is 7. The quantitative estimate of drug-likeness (QED) is 0.274. The Bertz CT molecular complexity index is 1290. The smallest absolute Gasteiger partial charge is 0.161 e. The Labute approximate surface area is 225 Å². The molecule has 1 saturated heterocycles. The van der Waals surface area contributed by atoms with E-state index in [0.29, 0.717) is 12.4 Å². The summed E-state index contributed by atoms with van der Waals surface area (Å²) in [4.78, 5) is 11.3. The van der Waals surface area contributed by atoms with Gasteiger partial charge in [-0.25, -0.2) is 9.97 Å². The van der Waals surface area contributed by atoms with Gasteiger partial charge in [0.15, 0.2) is 11.5 Å². The fraction of sp³-hybridized carbons (Fsp3) is 0.280. The maximum Gasteiger partial charge on any atom is 0.161 e. The van der Waals surface area contributed by atoms with Gasteiger partial charge in [-0.2, -0.15) is 0 Å². The highest BCUT2D eigenvalue weighted by Gasteiger charge is 2.13. The molecule has 0 radical (unpaired) electrons. The van der Waals surface area contributed by atoms with Crippen molar-refractivity contribution in [2.75, 3.05) is 51.9 Å². The van der Waals surface area contributed by atoms with Crippen LogP contribution >= 0.6 is 40.7 Å². The van der Waals surface area contributed by atoms with E-state index >= 15 is 0 Å². The molecule has 1 N–H and O–H groups in total. The van der Waals surface area contributed by atoms with E-state index in [-0.39, 0.29) is 24.8 Å². The second kappa shape index (κ2) is 12.6. The SMILES string of the molecule is COc1cc2cc3c(Nc4cccc(Br)c4)ncnc3cc2cc1OCCN1CCOCC1.Cl.Cl. The van der Waals surface area contributed by atoms with Gasteiger partial charge in [0.05, 0.1) is 25.8 Å². The standard InChI is InChI=1S/C25H25BrN4O3.2ClH/c1-31-23-13-17-11-21-22(27-16-28-25(21)29-20-4-2-3-19(26)15-20)12-18(17)14-24(23)33-10-7-30-5-8-32-9-6-30;;/h2-4,11-16H,5-10H2,1H3,(H,27,28,29);2*1H. The molecule has 0 unspecified atom stereocenters. The minimum atomic E-state index is 0. The van der Waals surface area contributed by atoms with E-state index in [9.17, 15) is 0 Å². The number of aromatic nitrogens is 2. The third kappa shape index (κ3) is 6.45. The molecule has 1 fully saturated rings. The maximum atomic E-state index is 6.11. The number of rotatable bonds is 7. The van der Waals surface area contributed by atoms with Crippen molar-refractivity contribution in [1.29, 1.82) is 0 Å². The normalized spacial score (nSPS) is 13.7. The Hall–Kier alpha value is -2.36. The fourth-order valence-corrected chi connectivity index (χ4v) is 4.39. The molecule has 1 aliphatic rings. The molecule has 1 aromatic heterocycles. The van der Waals surface area contributed by atoms with E-state index in [1.807, 2.05) is 36.4 Å². The summed E-state index contributed by atoms with van der Waals surface area (Å²) in [5, 5.41) is 6.41. The van der Waals surface area contributed by atoms with Crippen LogP contribution < -0.4 is 14.8 Å². The minimum Gasteiger partial charge on any atom is -0.493 e. The molecule has 0 bridgehead atoms. The van der Waals surface area contributed by atoms with Crippen LogP contribution in [0.2, 0.25) is 0 Å². The maximum absolute atomic E-state index is 6.11. The van der Waals surface area contributed by atoms with Gasteiger partial charge < -0.3 is 19.5 Å². The molecule has 0 saturated carbocycles. The first-order chi connectivity index (χ1) is 16.2. The summed E-state index contributed by atoms with van der Waals surface area (Å²) >= 11 is 3.51. The van der Waals surface area contributed by atoms with E-state index < -0.39 is 0 Å². The zero-order valence-electron chi connectivity index (χ0n) is 19.2.